The summed E-state index contributed by atoms with van der Waals surface area (Å²) in [7, 11) is 0. The van der Waals surface area contributed by atoms with Gasteiger partial charge in [0.05, 0.1) is 35.2 Å². The number of nitrogens with zero attached hydrogens (tertiary/aromatic N) is 4. The van der Waals surface area contributed by atoms with Gasteiger partial charge < -0.3 is 20.2 Å². The molecule has 4 rings (SSSR count). The highest BCUT2D eigenvalue weighted by atomic mass is 32.2. The molecular formula is C24H29N5O3S. The third-order valence-electron chi connectivity index (χ3n) is 6.79. The number of amides is 2. The number of hydrogen-bond acceptors (Lipinski definition) is 7. The van der Waals surface area contributed by atoms with Crippen LogP contribution in [0.3, 0.4) is 0 Å². The van der Waals surface area contributed by atoms with Crippen molar-refractivity contribution in [2.24, 2.45) is 5.92 Å². The lowest BCUT2D eigenvalue weighted by Gasteiger charge is -2.41. The van der Waals surface area contributed by atoms with Crippen LogP contribution < -0.4 is 10.2 Å². The summed E-state index contributed by atoms with van der Waals surface area (Å²) in [6.45, 7) is 5.43. The molecule has 2 amide bonds. The van der Waals surface area contributed by atoms with Gasteiger partial charge in [0.1, 0.15) is 6.04 Å². The van der Waals surface area contributed by atoms with E-state index in [-0.39, 0.29) is 24.3 Å². The van der Waals surface area contributed by atoms with E-state index >= 15 is 0 Å². The molecule has 2 aliphatic rings. The van der Waals surface area contributed by atoms with Crippen molar-refractivity contribution in [1.29, 1.82) is 5.26 Å². The van der Waals surface area contributed by atoms with E-state index in [2.05, 4.69) is 35.1 Å². The van der Waals surface area contributed by atoms with E-state index in [1.54, 1.807) is 12.3 Å². The van der Waals surface area contributed by atoms with Crippen LogP contribution in [-0.2, 0) is 4.79 Å². The zero-order valence-electron chi connectivity index (χ0n) is 19.0. The highest BCUT2D eigenvalue weighted by Crippen LogP contribution is 2.33. The van der Waals surface area contributed by atoms with Crippen LogP contribution in [0.5, 0.6) is 0 Å². The van der Waals surface area contributed by atoms with Crippen molar-refractivity contribution >= 4 is 40.2 Å². The third-order valence-corrected chi connectivity index (χ3v) is 7.80. The van der Waals surface area contributed by atoms with Gasteiger partial charge in [0, 0.05) is 36.1 Å². The minimum absolute atomic E-state index is 0.152. The van der Waals surface area contributed by atoms with E-state index in [1.807, 2.05) is 18.2 Å². The van der Waals surface area contributed by atoms with Crippen LogP contribution in [0, 0.1) is 17.2 Å². The highest BCUT2D eigenvalue weighted by molar-refractivity contribution is 7.99. The first kappa shape index (κ1) is 23.3. The van der Waals surface area contributed by atoms with E-state index in [1.165, 1.54) is 16.7 Å². The molecule has 0 aliphatic carbocycles. The van der Waals surface area contributed by atoms with Gasteiger partial charge in [-0.15, -0.1) is 11.8 Å². The molecule has 0 spiro atoms. The molecule has 1 atom stereocenters. The summed E-state index contributed by atoms with van der Waals surface area (Å²) >= 11 is 1.53. The van der Waals surface area contributed by atoms with Crippen molar-refractivity contribution in [3.8, 4) is 6.07 Å². The summed E-state index contributed by atoms with van der Waals surface area (Å²) < 4.78 is 0. The maximum atomic E-state index is 13.0. The van der Waals surface area contributed by atoms with E-state index in [9.17, 15) is 20.0 Å². The van der Waals surface area contributed by atoms with Gasteiger partial charge in [-0.1, -0.05) is 13.8 Å². The minimum atomic E-state index is -0.634. The van der Waals surface area contributed by atoms with Gasteiger partial charge in [-0.25, -0.2) is 0 Å². The summed E-state index contributed by atoms with van der Waals surface area (Å²) in [6.07, 6.45) is 2.98. The van der Waals surface area contributed by atoms with Crippen molar-refractivity contribution in [3.05, 3.63) is 36.0 Å². The number of aliphatic hydroxyl groups is 1. The highest BCUT2D eigenvalue weighted by Gasteiger charge is 2.35. The number of pyridine rings is 1. The van der Waals surface area contributed by atoms with Crippen LogP contribution in [0.1, 0.15) is 37.0 Å². The number of hydrogen-bond donors (Lipinski definition) is 2. The predicted octanol–water partition coefficient (Wildman–Crippen LogP) is 2.38. The lowest BCUT2D eigenvalue weighted by Crippen LogP contribution is -2.47. The van der Waals surface area contributed by atoms with Crippen molar-refractivity contribution in [2.45, 2.75) is 38.3 Å². The van der Waals surface area contributed by atoms with Gasteiger partial charge in [-0.2, -0.15) is 5.26 Å². The molecule has 9 heteroatoms. The van der Waals surface area contributed by atoms with Crippen molar-refractivity contribution in [3.63, 3.8) is 0 Å². The largest absolute Gasteiger partial charge is 0.389 e. The number of carbonyl (C=O) groups excluding carboxylic acids is 2. The molecular weight excluding hydrogens is 438 g/mol. The Bertz CT molecular complexity index is 1090. The lowest BCUT2D eigenvalue weighted by molar-refractivity contribution is -0.129. The molecule has 2 fully saturated rings. The Morgan fingerprint density at radius 1 is 1.33 bits per heavy atom. The predicted molar refractivity (Wildman–Crippen MR) is 129 cm³/mol. The number of nitrogens with one attached hydrogen (secondary N) is 1. The maximum absolute atomic E-state index is 13.0. The molecule has 3 heterocycles. The Kier molecular flexibility index (Phi) is 6.77. The fourth-order valence-electron chi connectivity index (χ4n) is 4.41. The van der Waals surface area contributed by atoms with Gasteiger partial charge in [-0.05, 0) is 43.0 Å². The SMILES string of the molecule is CC(C)C1(O)CCN(c2ccc3nccc(C(=O)NCC(=O)N4CSCC4C#N)c3c2)CC1. The van der Waals surface area contributed by atoms with Crippen molar-refractivity contribution in [1.82, 2.24) is 15.2 Å². The number of thioether (sulfide) groups is 1. The second-order valence-electron chi connectivity index (χ2n) is 9.00. The van der Waals surface area contributed by atoms with E-state index in [0.29, 0.717) is 35.6 Å². The first-order valence-electron chi connectivity index (χ1n) is 11.2. The molecule has 2 aromatic rings. The topological polar surface area (TPSA) is 110 Å². The Morgan fingerprint density at radius 2 is 2.09 bits per heavy atom. The molecule has 0 bridgehead atoms. The first-order chi connectivity index (χ1) is 15.8. The van der Waals surface area contributed by atoms with Crippen LogP contribution in [0.15, 0.2) is 30.5 Å². The second-order valence-corrected chi connectivity index (χ2v) is 10.00. The van der Waals surface area contributed by atoms with E-state index < -0.39 is 11.6 Å². The molecule has 0 saturated carbocycles. The zero-order valence-corrected chi connectivity index (χ0v) is 19.8. The quantitative estimate of drug-likeness (QED) is 0.695. The zero-order chi connectivity index (χ0) is 23.6. The molecule has 2 N–H and O–H groups in total. The summed E-state index contributed by atoms with van der Waals surface area (Å²) in [6, 6.07) is 9.19. The average molecular weight is 468 g/mol. The lowest BCUT2D eigenvalue weighted by atomic mass is 9.81. The minimum Gasteiger partial charge on any atom is -0.389 e. The molecule has 8 nitrogen and oxygen atoms in total. The van der Waals surface area contributed by atoms with Crippen LogP contribution in [0.25, 0.3) is 10.9 Å². The van der Waals surface area contributed by atoms with Crippen LogP contribution in [0.4, 0.5) is 5.69 Å². The number of rotatable bonds is 5. The molecule has 2 saturated heterocycles. The smallest absolute Gasteiger partial charge is 0.252 e. The average Bonchev–Trinajstić information content (AvgIpc) is 3.31. The van der Waals surface area contributed by atoms with Gasteiger partial charge in [0.2, 0.25) is 5.91 Å². The molecule has 174 valence electrons. The summed E-state index contributed by atoms with van der Waals surface area (Å²) in [5.74, 6) is 0.669. The third kappa shape index (κ3) is 4.77. The normalized spacial score (nSPS) is 20.2. The Hall–Kier alpha value is -2.83. The van der Waals surface area contributed by atoms with Gasteiger partial charge in [-0.3, -0.25) is 14.6 Å². The number of aromatic nitrogens is 1. The van der Waals surface area contributed by atoms with Gasteiger partial charge >= 0.3 is 0 Å². The standard InChI is InChI=1S/C24H29N5O3S/c1-16(2)24(32)6-9-28(10-7-24)17-3-4-21-20(11-17)19(5-8-26-21)23(31)27-13-22(30)29-15-33-14-18(29)12-25/h3-5,8,11,16,18,32H,6-7,9-10,13-15H2,1-2H3,(H,27,31). The molecule has 33 heavy (non-hydrogen) atoms. The molecule has 1 aromatic carbocycles. The number of nitriles is 1. The number of piperidine rings is 1. The maximum Gasteiger partial charge on any atom is 0.252 e. The Labute approximate surface area is 197 Å². The van der Waals surface area contributed by atoms with Crippen molar-refractivity contribution < 1.29 is 14.7 Å². The summed E-state index contributed by atoms with van der Waals surface area (Å²) in [4.78, 5) is 33.5. The number of anilines is 1. The summed E-state index contributed by atoms with van der Waals surface area (Å²) in [5.41, 5.74) is 1.51. The van der Waals surface area contributed by atoms with Gasteiger partial charge in [0.15, 0.2) is 0 Å². The van der Waals surface area contributed by atoms with Crippen molar-refractivity contribution in [2.75, 3.05) is 36.2 Å². The fraction of sp³-hybridized carbons (Fsp3) is 0.500. The van der Waals surface area contributed by atoms with Crippen LogP contribution >= 0.6 is 11.8 Å². The monoisotopic (exact) mass is 467 g/mol. The Balaban J connectivity index is 1.48. The number of benzene rings is 1. The molecule has 0 radical (unpaired) electrons. The van der Waals surface area contributed by atoms with E-state index in [0.717, 1.165) is 24.2 Å². The number of carbonyl (C=O) groups is 2. The molecule has 1 unspecified atom stereocenters. The molecule has 1 aromatic heterocycles. The van der Waals surface area contributed by atoms with Crippen LogP contribution in [-0.4, -0.2) is 69.7 Å². The first-order valence-corrected chi connectivity index (χ1v) is 12.4. The van der Waals surface area contributed by atoms with Crippen LogP contribution in [0.2, 0.25) is 0 Å². The fourth-order valence-corrected chi connectivity index (χ4v) is 5.51. The molecule has 2 aliphatic heterocycles. The Morgan fingerprint density at radius 3 is 2.79 bits per heavy atom. The van der Waals surface area contributed by atoms with Gasteiger partial charge in [0.25, 0.3) is 5.91 Å². The number of fused-ring (bicyclic) bond motifs is 1. The van der Waals surface area contributed by atoms with E-state index in [4.69, 9.17) is 0 Å². The second kappa shape index (κ2) is 9.57. The summed E-state index contributed by atoms with van der Waals surface area (Å²) in [5, 5.41) is 23.4.